The van der Waals surface area contributed by atoms with Crippen molar-refractivity contribution in [2.45, 2.75) is 40.3 Å². The monoisotopic (exact) mass is 365 g/mol. The number of fused-ring (bicyclic) bond motifs is 1. The van der Waals surface area contributed by atoms with Crippen molar-refractivity contribution >= 4 is 21.6 Å². The molecule has 1 N–H and O–H groups in total. The van der Waals surface area contributed by atoms with Crippen LogP contribution in [0.5, 0.6) is 11.5 Å². The Labute approximate surface area is 138 Å². The molecule has 0 aliphatic carbocycles. The number of nitrogens with one attached hydrogen (secondary N) is 1. The predicted octanol–water partition coefficient (Wildman–Crippen LogP) is 4.18. The van der Waals surface area contributed by atoms with Crippen LogP contribution in [-0.4, -0.2) is 16.6 Å². The SMILES string of the molecule is Cc1nn(C(C)C)c(C)c1NCc1cc(Br)c2c(c1)OCO2. The maximum atomic E-state index is 5.46. The highest BCUT2D eigenvalue weighted by atomic mass is 79.9. The van der Waals surface area contributed by atoms with E-state index < -0.39 is 0 Å². The Kier molecular flexibility index (Phi) is 4.04. The van der Waals surface area contributed by atoms with E-state index in [0.717, 1.165) is 38.6 Å². The van der Waals surface area contributed by atoms with Gasteiger partial charge in [0.25, 0.3) is 0 Å². The molecule has 118 valence electrons. The predicted molar refractivity (Wildman–Crippen MR) is 89.7 cm³/mol. The van der Waals surface area contributed by atoms with Gasteiger partial charge in [-0.15, -0.1) is 0 Å². The Morgan fingerprint density at radius 1 is 1.32 bits per heavy atom. The Morgan fingerprint density at radius 2 is 2.09 bits per heavy atom. The van der Waals surface area contributed by atoms with Crippen molar-refractivity contribution < 1.29 is 9.47 Å². The van der Waals surface area contributed by atoms with E-state index in [0.29, 0.717) is 12.6 Å². The molecule has 6 heteroatoms. The van der Waals surface area contributed by atoms with Gasteiger partial charge in [-0.3, -0.25) is 4.68 Å². The molecule has 0 radical (unpaired) electrons. The van der Waals surface area contributed by atoms with E-state index in [4.69, 9.17) is 9.47 Å². The summed E-state index contributed by atoms with van der Waals surface area (Å²) >= 11 is 3.53. The lowest BCUT2D eigenvalue weighted by molar-refractivity contribution is 0.173. The highest BCUT2D eigenvalue weighted by Crippen LogP contribution is 2.40. The van der Waals surface area contributed by atoms with Crippen molar-refractivity contribution in [3.05, 3.63) is 33.6 Å². The molecular formula is C16H20BrN3O2. The minimum Gasteiger partial charge on any atom is -0.454 e. The molecule has 1 aromatic carbocycles. The lowest BCUT2D eigenvalue weighted by atomic mass is 10.2. The van der Waals surface area contributed by atoms with E-state index >= 15 is 0 Å². The number of halogens is 1. The zero-order valence-electron chi connectivity index (χ0n) is 13.2. The Bertz CT molecular complexity index is 710. The van der Waals surface area contributed by atoms with E-state index in [1.54, 1.807) is 0 Å². The van der Waals surface area contributed by atoms with Gasteiger partial charge in [-0.1, -0.05) is 0 Å². The van der Waals surface area contributed by atoms with Crippen LogP contribution in [-0.2, 0) is 6.54 Å². The average molecular weight is 366 g/mol. The fourth-order valence-corrected chi connectivity index (χ4v) is 3.34. The zero-order valence-corrected chi connectivity index (χ0v) is 14.8. The third kappa shape index (κ3) is 2.67. The van der Waals surface area contributed by atoms with Crippen molar-refractivity contribution in [3.63, 3.8) is 0 Å². The van der Waals surface area contributed by atoms with Crippen molar-refractivity contribution in [1.82, 2.24) is 9.78 Å². The van der Waals surface area contributed by atoms with Crippen LogP contribution in [0.3, 0.4) is 0 Å². The molecule has 0 saturated heterocycles. The molecule has 0 unspecified atom stereocenters. The minimum atomic E-state index is 0.282. The highest BCUT2D eigenvalue weighted by Gasteiger charge is 2.18. The molecule has 1 aromatic heterocycles. The van der Waals surface area contributed by atoms with Crippen LogP contribution in [0.2, 0.25) is 0 Å². The molecule has 0 saturated carbocycles. The van der Waals surface area contributed by atoms with Gasteiger partial charge in [-0.25, -0.2) is 0 Å². The molecule has 0 fully saturated rings. The van der Waals surface area contributed by atoms with Crippen molar-refractivity contribution in [2.75, 3.05) is 12.1 Å². The van der Waals surface area contributed by atoms with E-state index in [2.05, 4.69) is 53.2 Å². The Balaban J connectivity index is 1.80. The number of benzene rings is 1. The molecule has 1 aliphatic rings. The highest BCUT2D eigenvalue weighted by molar-refractivity contribution is 9.10. The topological polar surface area (TPSA) is 48.3 Å². The van der Waals surface area contributed by atoms with Gasteiger partial charge in [0.2, 0.25) is 6.79 Å². The van der Waals surface area contributed by atoms with Gasteiger partial charge in [-0.05, 0) is 61.3 Å². The first-order chi connectivity index (χ1) is 10.5. The summed E-state index contributed by atoms with van der Waals surface area (Å²) in [4.78, 5) is 0. The van der Waals surface area contributed by atoms with Crippen molar-refractivity contribution in [2.24, 2.45) is 0 Å². The fraction of sp³-hybridized carbons (Fsp3) is 0.438. The summed E-state index contributed by atoms with van der Waals surface area (Å²) in [7, 11) is 0. The number of anilines is 1. The number of rotatable bonds is 4. The van der Waals surface area contributed by atoms with E-state index in [1.807, 2.05) is 17.7 Å². The van der Waals surface area contributed by atoms with Crippen LogP contribution in [0.1, 0.15) is 36.8 Å². The smallest absolute Gasteiger partial charge is 0.231 e. The second kappa shape index (κ2) is 5.83. The zero-order chi connectivity index (χ0) is 15.9. The summed E-state index contributed by atoms with van der Waals surface area (Å²) in [5, 5.41) is 8.09. The number of hydrogen-bond donors (Lipinski definition) is 1. The average Bonchev–Trinajstić information content (AvgIpc) is 3.02. The van der Waals surface area contributed by atoms with Crippen LogP contribution in [0.15, 0.2) is 16.6 Å². The van der Waals surface area contributed by atoms with Gasteiger partial charge in [0, 0.05) is 12.6 Å². The molecule has 2 aromatic rings. The molecule has 0 amide bonds. The largest absolute Gasteiger partial charge is 0.454 e. The summed E-state index contributed by atoms with van der Waals surface area (Å²) in [6.45, 7) is 9.39. The van der Waals surface area contributed by atoms with E-state index in [9.17, 15) is 0 Å². The van der Waals surface area contributed by atoms with Crippen molar-refractivity contribution in [3.8, 4) is 11.5 Å². The minimum absolute atomic E-state index is 0.282. The second-order valence-electron chi connectivity index (χ2n) is 5.75. The van der Waals surface area contributed by atoms with Gasteiger partial charge in [-0.2, -0.15) is 5.10 Å². The second-order valence-corrected chi connectivity index (χ2v) is 6.60. The third-order valence-corrected chi connectivity index (χ3v) is 4.36. The molecule has 0 spiro atoms. The molecule has 1 aliphatic heterocycles. The molecule has 0 bridgehead atoms. The molecule has 5 nitrogen and oxygen atoms in total. The quantitative estimate of drug-likeness (QED) is 0.882. The first-order valence-corrected chi connectivity index (χ1v) is 8.14. The van der Waals surface area contributed by atoms with Crippen LogP contribution in [0, 0.1) is 13.8 Å². The Hall–Kier alpha value is -1.69. The normalized spacial score (nSPS) is 13.0. The summed E-state index contributed by atoms with van der Waals surface area (Å²) < 4.78 is 13.8. The standard InChI is InChI=1S/C16H20BrN3O2/c1-9(2)20-11(4)15(10(3)19-20)18-7-12-5-13(17)16-14(6-12)21-8-22-16/h5-6,9,18H,7-8H2,1-4H3. The van der Waals surface area contributed by atoms with E-state index in [1.165, 1.54) is 0 Å². The van der Waals surface area contributed by atoms with Crippen LogP contribution < -0.4 is 14.8 Å². The fourth-order valence-electron chi connectivity index (χ4n) is 2.73. The first kappa shape index (κ1) is 15.2. The summed E-state index contributed by atoms with van der Waals surface area (Å²) in [5.41, 5.74) is 4.41. The van der Waals surface area contributed by atoms with Crippen LogP contribution >= 0.6 is 15.9 Å². The third-order valence-electron chi connectivity index (χ3n) is 3.77. The molecular weight excluding hydrogens is 346 g/mol. The van der Waals surface area contributed by atoms with Crippen LogP contribution in [0.4, 0.5) is 5.69 Å². The summed E-state index contributed by atoms with van der Waals surface area (Å²) in [6, 6.07) is 4.42. The molecule has 3 rings (SSSR count). The summed E-state index contributed by atoms with van der Waals surface area (Å²) in [5.74, 6) is 1.57. The molecule has 0 atom stereocenters. The summed E-state index contributed by atoms with van der Waals surface area (Å²) in [6.07, 6.45) is 0. The van der Waals surface area contributed by atoms with Crippen LogP contribution in [0.25, 0.3) is 0 Å². The Morgan fingerprint density at radius 3 is 2.77 bits per heavy atom. The van der Waals surface area contributed by atoms with Gasteiger partial charge >= 0.3 is 0 Å². The lowest BCUT2D eigenvalue weighted by Crippen LogP contribution is -2.06. The number of nitrogens with zero attached hydrogens (tertiary/aromatic N) is 2. The first-order valence-electron chi connectivity index (χ1n) is 7.35. The lowest BCUT2D eigenvalue weighted by Gasteiger charge is -2.11. The van der Waals surface area contributed by atoms with Crippen molar-refractivity contribution in [1.29, 1.82) is 0 Å². The maximum Gasteiger partial charge on any atom is 0.231 e. The van der Waals surface area contributed by atoms with Gasteiger partial charge in [0.05, 0.1) is 21.5 Å². The molecule has 22 heavy (non-hydrogen) atoms. The van der Waals surface area contributed by atoms with Gasteiger partial charge in [0.1, 0.15) is 0 Å². The number of aryl methyl sites for hydroxylation is 1. The van der Waals surface area contributed by atoms with Gasteiger partial charge in [0.15, 0.2) is 11.5 Å². The number of hydrogen-bond acceptors (Lipinski definition) is 4. The van der Waals surface area contributed by atoms with E-state index in [-0.39, 0.29) is 6.79 Å². The maximum absolute atomic E-state index is 5.46. The molecule has 2 heterocycles. The number of ether oxygens (including phenoxy) is 2. The number of aromatic nitrogens is 2. The van der Waals surface area contributed by atoms with Gasteiger partial charge < -0.3 is 14.8 Å².